The molecule has 0 aromatic rings. The van der Waals surface area contributed by atoms with Gasteiger partial charge >= 0.3 is 5.97 Å². The van der Waals surface area contributed by atoms with E-state index in [2.05, 4.69) is 0 Å². The van der Waals surface area contributed by atoms with Crippen molar-refractivity contribution >= 4 is 5.97 Å². The summed E-state index contributed by atoms with van der Waals surface area (Å²) in [6.45, 7) is -0.569. The van der Waals surface area contributed by atoms with Crippen LogP contribution in [0.15, 0.2) is 12.3 Å². The van der Waals surface area contributed by atoms with Gasteiger partial charge in [-0.1, -0.05) is 0 Å². The molecule has 0 aromatic carbocycles. The molecule has 0 radical (unpaired) electrons. The topological polar surface area (TPSA) is 146 Å². The number of carboxylic acids is 1. The van der Waals surface area contributed by atoms with Crippen LogP contribution in [0, 0.1) is 17.8 Å². The average Bonchev–Trinajstić information content (AvgIpc) is 3.00. The summed E-state index contributed by atoms with van der Waals surface area (Å²) >= 11 is 0. The molecule has 0 spiro atoms. The number of rotatable bonds is 4. The molecule has 5 N–H and O–H groups in total. The molecule has 136 valence electrons. The quantitative estimate of drug-likeness (QED) is 0.406. The van der Waals surface area contributed by atoms with E-state index in [0.29, 0.717) is 12.8 Å². The number of carbonyl (C=O) groups is 1. The van der Waals surface area contributed by atoms with Gasteiger partial charge < -0.3 is 39.7 Å². The van der Waals surface area contributed by atoms with Crippen molar-refractivity contribution in [2.24, 2.45) is 17.8 Å². The van der Waals surface area contributed by atoms with E-state index in [9.17, 15) is 30.3 Å². The van der Waals surface area contributed by atoms with Crippen LogP contribution in [-0.4, -0.2) is 75.1 Å². The van der Waals surface area contributed by atoms with Crippen molar-refractivity contribution in [2.75, 3.05) is 6.61 Å². The third kappa shape index (κ3) is 3.03. The van der Waals surface area contributed by atoms with Crippen molar-refractivity contribution in [1.29, 1.82) is 0 Å². The van der Waals surface area contributed by atoms with E-state index in [1.807, 2.05) is 0 Å². The average molecular weight is 346 g/mol. The van der Waals surface area contributed by atoms with Crippen LogP contribution in [0.2, 0.25) is 0 Å². The Hall–Kier alpha value is -1.23. The van der Waals surface area contributed by atoms with Crippen molar-refractivity contribution < 1.29 is 44.5 Å². The SMILES string of the molecule is O=C(O)[C@@H]1CC[C@@H]2C=CO[C@@H](O[C@@H]3O[C@@H](CO)[C@@H](O)[C@@H](O)[C@H]3O)[C@@H]21. The summed E-state index contributed by atoms with van der Waals surface area (Å²) in [5.41, 5.74) is 0. The van der Waals surface area contributed by atoms with Crippen LogP contribution in [0.1, 0.15) is 12.8 Å². The fraction of sp³-hybridized carbons (Fsp3) is 0.800. The normalized spacial score (nSPS) is 47.9. The molecular formula is C15H22O9. The summed E-state index contributed by atoms with van der Waals surface area (Å²) in [5.74, 6) is -2.05. The zero-order valence-corrected chi connectivity index (χ0v) is 12.8. The lowest BCUT2D eigenvalue weighted by Crippen LogP contribution is -2.60. The number of aliphatic hydroxyl groups is 4. The number of fused-ring (bicyclic) bond motifs is 1. The molecule has 9 nitrogen and oxygen atoms in total. The van der Waals surface area contributed by atoms with E-state index >= 15 is 0 Å². The molecule has 1 saturated carbocycles. The highest BCUT2D eigenvalue weighted by molar-refractivity contribution is 5.71. The van der Waals surface area contributed by atoms with Gasteiger partial charge in [-0.2, -0.15) is 0 Å². The first-order chi connectivity index (χ1) is 11.4. The Labute approximate surface area is 138 Å². The van der Waals surface area contributed by atoms with Crippen LogP contribution in [0.5, 0.6) is 0 Å². The van der Waals surface area contributed by atoms with Crippen LogP contribution in [0.25, 0.3) is 0 Å². The Balaban J connectivity index is 1.74. The minimum atomic E-state index is -1.56. The van der Waals surface area contributed by atoms with Gasteiger partial charge in [0.25, 0.3) is 0 Å². The zero-order valence-electron chi connectivity index (χ0n) is 12.8. The standard InChI is InChI=1S/C15H22O9/c16-5-8-10(17)11(18)12(19)15(23-8)24-14-9-6(3-4-22-14)1-2-7(9)13(20)21/h3-4,6-12,14-19H,1-2,5H2,(H,20,21)/t6-,7-,8+,9+,10-,11-,12-,14+,15+/m1/s1. The van der Waals surface area contributed by atoms with Gasteiger partial charge in [0, 0.05) is 5.92 Å². The highest BCUT2D eigenvalue weighted by Gasteiger charge is 2.50. The molecular weight excluding hydrogens is 324 g/mol. The maximum absolute atomic E-state index is 11.4. The lowest BCUT2D eigenvalue weighted by atomic mass is 9.87. The van der Waals surface area contributed by atoms with Crippen LogP contribution in [-0.2, 0) is 19.0 Å². The third-order valence-corrected chi connectivity index (χ3v) is 5.06. The van der Waals surface area contributed by atoms with Crippen molar-refractivity contribution in [3.05, 3.63) is 12.3 Å². The molecule has 3 aliphatic rings. The van der Waals surface area contributed by atoms with Crippen LogP contribution in [0.4, 0.5) is 0 Å². The van der Waals surface area contributed by atoms with E-state index < -0.39 is 61.4 Å². The van der Waals surface area contributed by atoms with Crippen LogP contribution in [0.3, 0.4) is 0 Å². The van der Waals surface area contributed by atoms with Crippen LogP contribution >= 0.6 is 0 Å². The van der Waals surface area contributed by atoms with Crippen molar-refractivity contribution in [3.63, 3.8) is 0 Å². The number of carboxylic acid groups (broad SMARTS) is 1. The molecule has 1 aliphatic carbocycles. The summed E-state index contributed by atoms with van der Waals surface area (Å²) in [5, 5.41) is 48.2. The molecule has 1 saturated heterocycles. The van der Waals surface area contributed by atoms with Gasteiger partial charge in [0.2, 0.25) is 6.29 Å². The predicted molar refractivity (Wildman–Crippen MR) is 76.2 cm³/mol. The number of ether oxygens (including phenoxy) is 3. The molecule has 0 amide bonds. The third-order valence-electron chi connectivity index (χ3n) is 5.06. The number of hydrogen-bond donors (Lipinski definition) is 5. The summed E-state index contributed by atoms with van der Waals surface area (Å²) in [6.07, 6.45) is -3.61. The van der Waals surface area contributed by atoms with Gasteiger partial charge in [-0.3, -0.25) is 4.79 Å². The second-order valence-corrected chi connectivity index (χ2v) is 6.43. The molecule has 0 bridgehead atoms. The molecule has 9 atom stereocenters. The largest absolute Gasteiger partial charge is 0.481 e. The van der Waals surface area contributed by atoms with Gasteiger partial charge in [-0.25, -0.2) is 0 Å². The summed E-state index contributed by atoms with van der Waals surface area (Å²) in [6, 6.07) is 0. The Morgan fingerprint density at radius 2 is 1.88 bits per heavy atom. The molecule has 2 heterocycles. The Morgan fingerprint density at radius 1 is 1.12 bits per heavy atom. The minimum Gasteiger partial charge on any atom is -0.481 e. The lowest BCUT2D eigenvalue weighted by Gasteiger charge is -2.42. The zero-order chi connectivity index (χ0) is 17.4. The second kappa shape index (κ2) is 6.95. The van der Waals surface area contributed by atoms with Gasteiger partial charge in [0.1, 0.15) is 24.4 Å². The fourth-order valence-electron chi connectivity index (χ4n) is 3.71. The van der Waals surface area contributed by atoms with Crippen molar-refractivity contribution in [2.45, 2.75) is 49.8 Å². The van der Waals surface area contributed by atoms with Gasteiger partial charge in [-0.15, -0.1) is 0 Å². The molecule has 0 unspecified atom stereocenters. The van der Waals surface area contributed by atoms with Crippen molar-refractivity contribution in [3.8, 4) is 0 Å². The van der Waals surface area contributed by atoms with E-state index in [0.717, 1.165) is 0 Å². The molecule has 2 aliphatic heterocycles. The van der Waals surface area contributed by atoms with Gasteiger partial charge in [0.15, 0.2) is 6.29 Å². The molecule has 3 rings (SSSR count). The summed E-state index contributed by atoms with van der Waals surface area (Å²) < 4.78 is 16.3. The smallest absolute Gasteiger partial charge is 0.307 e. The monoisotopic (exact) mass is 346 g/mol. The second-order valence-electron chi connectivity index (χ2n) is 6.43. The van der Waals surface area contributed by atoms with E-state index in [1.165, 1.54) is 6.26 Å². The first kappa shape index (κ1) is 17.6. The highest BCUT2D eigenvalue weighted by atomic mass is 16.8. The van der Waals surface area contributed by atoms with E-state index in [1.54, 1.807) is 6.08 Å². The van der Waals surface area contributed by atoms with Gasteiger partial charge in [0.05, 0.1) is 18.8 Å². The Morgan fingerprint density at radius 3 is 2.54 bits per heavy atom. The van der Waals surface area contributed by atoms with Crippen LogP contribution < -0.4 is 0 Å². The first-order valence-electron chi connectivity index (χ1n) is 7.95. The first-order valence-corrected chi connectivity index (χ1v) is 7.95. The number of aliphatic carboxylic acids is 1. The maximum Gasteiger partial charge on any atom is 0.307 e. The van der Waals surface area contributed by atoms with Gasteiger partial charge in [-0.05, 0) is 24.8 Å². The molecule has 9 heteroatoms. The minimum absolute atomic E-state index is 0.0188. The van der Waals surface area contributed by atoms with E-state index in [4.69, 9.17) is 14.2 Å². The Bertz CT molecular complexity index is 493. The molecule has 24 heavy (non-hydrogen) atoms. The predicted octanol–water partition coefficient (Wildman–Crippen LogP) is -1.60. The highest BCUT2D eigenvalue weighted by Crippen LogP contribution is 2.44. The molecule has 2 fully saturated rings. The fourth-order valence-corrected chi connectivity index (χ4v) is 3.71. The molecule has 0 aromatic heterocycles. The summed E-state index contributed by atoms with van der Waals surface area (Å²) in [7, 11) is 0. The van der Waals surface area contributed by atoms with E-state index in [-0.39, 0.29) is 5.92 Å². The summed E-state index contributed by atoms with van der Waals surface area (Å²) in [4.78, 5) is 11.4. The number of allylic oxidation sites excluding steroid dienone is 1. The Kier molecular flexibility index (Phi) is 5.09. The number of hydrogen-bond acceptors (Lipinski definition) is 8. The number of aliphatic hydroxyl groups excluding tert-OH is 4. The van der Waals surface area contributed by atoms with Crippen molar-refractivity contribution in [1.82, 2.24) is 0 Å². The lowest BCUT2D eigenvalue weighted by molar-refractivity contribution is -0.342. The maximum atomic E-state index is 11.4.